The molecule has 0 aromatic carbocycles. The molecule has 7 heteroatoms. The van der Waals surface area contributed by atoms with Gasteiger partial charge in [-0.1, -0.05) is 0 Å². The summed E-state index contributed by atoms with van der Waals surface area (Å²) < 4.78 is 41.6. The molecule has 3 unspecified atom stereocenters. The summed E-state index contributed by atoms with van der Waals surface area (Å²) in [6.07, 6.45) is -1.35. The predicted molar refractivity (Wildman–Crippen MR) is 76.5 cm³/mol. The van der Waals surface area contributed by atoms with Gasteiger partial charge in [-0.2, -0.15) is 13.2 Å². The first-order valence-corrected chi connectivity index (χ1v) is 8.08. The lowest BCUT2D eigenvalue weighted by molar-refractivity contribution is -0.188. The molecule has 120 valence electrons. The Morgan fingerprint density at radius 3 is 2.86 bits per heavy atom. The van der Waals surface area contributed by atoms with Gasteiger partial charge in [-0.15, -0.1) is 11.3 Å². The molecule has 2 rings (SSSR count). The predicted octanol–water partition coefficient (Wildman–Crippen LogP) is 3.99. The van der Waals surface area contributed by atoms with Crippen molar-refractivity contribution in [3.05, 3.63) is 16.1 Å². The van der Waals surface area contributed by atoms with E-state index in [-0.39, 0.29) is 18.2 Å². The summed E-state index contributed by atoms with van der Waals surface area (Å²) in [5.74, 6) is 0. The standard InChI is InChI=1S/C14H21F3N2OS/c1-9(13-7-21-10(2)19-13)18-11-4-3-5-12(6-11)20-8-14(15,16)17/h7,9,11-12,18H,3-6,8H2,1-2H3. The topological polar surface area (TPSA) is 34.2 Å². The zero-order chi connectivity index (χ0) is 15.5. The molecule has 21 heavy (non-hydrogen) atoms. The zero-order valence-corrected chi connectivity index (χ0v) is 13.1. The number of hydrogen-bond acceptors (Lipinski definition) is 4. The SMILES string of the molecule is Cc1nc(C(C)NC2CCCC(OCC(F)(F)F)C2)cs1. The van der Waals surface area contributed by atoms with E-state index in [4.69, 9.17) is 4.74 Å². The molecule has 3 atom stereocenters. The van der Waals surface area contributed by atoms with Gasteiger partial charge in [-0.25, -0.2) is 4.98 Å². The molecule has 1 saturated carbocycles. The number of nitrogens with one attached hydrogen (secondary N) is 1. The van der Waals surface area contributed by atoms with Crippen LogP contribution >= 0.6 is 11.3 Å². The fourth-order valence-electron chi connectivity index (χ4n) is 2.68. The van der Waals surface area contributed by atoms with Crippen LogP contribution in [0.2, 0.25) is 0 Å². The average Bonchev–Trinajstić information content (AvgIpc) is 2.83. The first kappa shape index (κ1) is 16.7. The second kappa shape index (κ2) is 7.07. The highest BCUT2D eigenvalue weighted by Crippen LogP contribution is 2.26. The van der Waals surface area contributed by atoms with Crippen molar-refractivity contribution in [2.45, 2.75) is 63.9 Å². The van der Waals surface area contributed by atoms with E-state index in [2.05, 4.69) is 10.3 Å². The van der Waals surface area contributed by atoms with Gasteiger partial charge in [0.2, 0.25) is 0 Å². The number of nitrogens with zero attached hydrogens (tertiary/aromatic N) is 1. The Morgan fingerprint density at radius 1 is 1.48 bits per heavy atom. The maximum Gasteiger partial charge on any atom is 0.411 e. The maximum absolute atomic E-state index is 12.2. The molecule has 0 amide bonds. The van der Waals surface area contributed by atoms with Crippen LogP contribution in [0.15, 0.2) is 5.38 Å². The lowest BCUT2D eigenvalue weighted by atomic mass is 9.92. The lowest BCUT2D eigenvalue weighted by Crippen LogP contribution is -2.39. The maximum atomic E-state index is 12.2. The molecule has 1 fully saturated rings. The molecule has 0 aliphatic heterocycles. The lowest BCUT2D eigenvalue weighted by Gasteiger charge is -2.31. The minimum Gasteiger partial charge on any atom is -0.369 e. The molecule has 1 N–H and O–H groups in total. The van der Waals surface area contributed by atoms with Crippen LogP contribution in [0.5, 0.6) is 0 Å². The first-order chi connectivity index (χ1) is 9.83. The van der Waals surface area contributed by atoms with E-state index in [9.17, 15) is 13.2 Å². The third kappa shape index (κ3) is 5.56. The molecule has 0 spiro atoms. The number of rotatable bonds is 5. The Balaban J connectivity index is 1.81. The number of alkyl halides is 3. The summed E-state index contributed by atoms with van der Waals surface area (Å²) >= 11 is 1.61. The monoisotopic (exact) mass is 322 g/mol. The summed E-state index contributed by atoms with van der Waals surface area (Å²) in [4.78, 5) is 4.44. The molecule has 0 radical (unpaired) electrons. The molecular weight excluding hydrogens is 301 g/mol. The van der Waals surface area contributed by atoms with Gasteiger partial charge in [-0.3, -0.25) is 0 Å². The van der Waals surface area contributed by atoms with Crippen LogP contribution in [-0.4, -0.2) is 29.9 Å². The third-order valence-corrected chi connectivity index (χ3v) is 4.47. The van der Waals surface area contributed by atoms with Crippen molar-refractivity contribution >= 4 is 11.3 Å². The van der Waals surface area contributed by atoms with Gasteiger partial charge in [-0.05, 0) is 39.5 Å². The number of thiazole rings is 1. The summed E-state index contributed by atoms with van der Waals surface area (Å²) in [5.41, 5.74) is 0.996. The van der Waals surface area contributed by atoms with Gasteiger partial charge in [0.15, 0.2) is 0 Å². The van der Waals surface area contributed by atoms with Crippen LogP contribution in [0.4, 0.5) is 13.2 Å². The molecule has 1 aliphatic rings. The smallest absolute Gasteiger partial charge is 0.369 e. The molecule has 3 nitrogen and oxygen atoms in total. The van der Waals surface area contributed by atoms with Gasteiger partial charge in [0, 0.05) is 17.5 Å². The minimum absolute atomic E-state index is 0.112. The van der Waals surface area contributed by atoms with Crippen LogP contribution in [0.1, 0.15) is 49.4 Å². The van der Waals surface area contributed by atoms with E-state index in [0.717, 1.165) is 23.5 Å². The number of ether oxygens (including phenoxy) is 1. The summed E-state index contributed by atoms with van der Waals surface area (Å²) in [5, 5.41) is 6.50. The van der Waals surface area contributed by atoms with Gasteiger partial charge in [0.05, 0.1) is 16.8 Å². The first-order valence-electron chi connectivity index (χ1n) is 7.20. The molecule has 0 saturated heterocycles. The molecule has 1 aromatic rings. The minimum atomic E-state index is -4.24. The Kier molecular flexibility index (Phi) is 5.62. The normalized spacial score (nSPS) is 25.0. The highest BCUT2D eigenvalue weighted by Gasteiger charge is 2.31. The Bertz CT molecular complexity index is 450. The van der Waals surface area contributed by atoms with Crippen molar-refractivity contribution in [1.29, 1.82) is 0 Å². The summed E-state index contributed by atoms with van der Waals surface area (Å²) in [7, 11) is 0. The molecular formula is C14H21F3N2OS. The average molecular weight is 322 g/mol. The summed E-state index contributed by atoms with van der Waals surface area (Å²) in [6.45, 7) is 2.85. The van der Waals surface area contributed by atoms with Crippen LogP contribution in [0.3, 0.4) is 0 Å². The van der Waals surface area contributed by atoms with Crippen molar-refractivity contribution in [3.8, 4) is 0 Å². The Labute approximate surface area is 126 Å². The van der Waals surface area contributed by atoms with E-state index < -0.39 is 12.8 Å². The highest BCUT2D eigenvalue weighted by atomic mass is 32.1. The van der Waals surface area contributed by atoms with Crippen molar-refractivity contribution in [1.82, 2.24) is 10.3 Å². The van der Waals surface area contributed by atoms with Crippen molar-refractivity contribution in [2.24, 2.45) is 0 Å². The van der Waals surface area contributed by atoms with Crippen LogP contribution in [0.25, 0.3) is 0 Å². The molecule has 1 heterocycles. The van der Waals surface area contributed by atoms with Gasteiger partial charge < -0.3 is 10.1 Å². The summed E-state index contributed by atoms with van der Waals surface area (Å²) in [6, 6.07) is 0.301. The molecule has 1 aromatic heterocycles. The van der Waals surface area contributed by atoms with Crippen LogP contribution in [0, 0.1) is 6.92 Å². The van der Waals surface area contributed by atoms with Crippen LogP contribution < -0.4 is 5.32 Å². The second-order valence-electron chi connectivity index (χ2n) is 5.59. The van der Waals surface area contributed by atoms with Crippen molar-refractivity contribution < 1.29 is 17.9 Å². The van der Waals surface area contributed by atoms with Gasteiger partial charge >= 0.3 is 6.18 Å². The van der Waals surface area contributed by atoms with E-state index in [1.807, 2.05) is 19.2 Å². The number of aromatic nitrogens is 1. The van der Waals surface area contributed by atoms with Gasteiger partial charge in [0.25, 0.3) is 0 Å². The molecule has 1 aliphatic carbocycles. The largest absolute Gasteiger partial charge is 0.411 e. The molecule has 0 bridgehead atoms. The van der Waals surface area contributed by atoms with Gasteiger partial charge in [0.1, 0.15) is 6.61 Å². The quantitative estimate of drug-likeness (QED) is 0.890. The number of halogens is 3. The van der Waals surface area contributed by atoms with Crippen molar-refractivity contribution in [3.63, 3.8) is 0 Å². The zero-order valence-electron chi connectivity index (χ0n) is 12.2. The highest BCUT2D eigenvalue weighted by molar-refractivity contribution is 7.09. The third-order valence-electron chi connectivity index (χ3n) is 3.67. The number of hydrogen-bond donors (Lipinski definition) is 1. The van der Waals surface area contributed by atoms with Crippen LogP contribution in [-0.2, 0) is 4.74 Å². The van der Waals surface area contributed by atoms with E-state index in [1.165, 1.54) is 0 Å². The fourth-order valence-corrected chi connectivity index (χ4v) is 3.38. The van der Waals surface area contributed by atoms with Crippen molar-refractivity contribution in [2.75, 3.05) is 6.61 Å². The second-order valence-corrected chi connectivity index (χ2v) is 6.65. The fraction of sp³-hybridized carbons (Fsp3) is 0.786. The number of aryl methyl sites for hydroxylation is 1. The van der Waals surface area contributed by atoms with E-state index >= 15 is 0 Å². The Hall–Kier alpha value is -0.660. The Morgan fingerprint density at radius 2 is 2.24 bits per heavy atom. The van der Waals surface area contributed by atoms with E-state index in [1.54, 1.807) is 11.3 Å². The van der Waals surface area contributed by atoms with E-state index in [0.29, 0.717) is 12.8 Å².